The Morgan fingerprint density at radius 2 is 1.92 bits per heavy atom. The summed E-state index contributed by atoms with van der Waals surface area (Å²) in [4.78, 5) is 25.9. The SMILES string of the molecule is COc1ccc(CNC(=O)[C@@H]2CN(C(C)=O)c3ccccc3O2)cc1. The molecule has 0 aliphatic carbocycles. The molecule has 130 valence electrons. The van der Waals surface area contributed by atoms with Crippen molar-refractivity contribution in [2.45, 2.75) is 19.6 Å². The summed E-state index contributed by atoms with van der Waals surface area (Å²) in [6.07, 6.45) is -0.739. The Hall–Kier alpha value is -3.02. The molecule has 1 atom stereocenters. The Kier molecular flexibility index (Phi) is 4.88. The van der Waals surface area contributed by atoms with Crippen LogP contribution in [0.5, 0.6) is 11.5 Å². The Morgan fingerprint density at radius 3 is 2.60 bits per heavy atom. The summed E-state index contributed by atoms with van der Waals surface area (Å²) in [6, 6.07) is 14.7. The number of fused-ring (bicyclic) bond motifs is 1. The Labute approximate surface area is 146 Å². The Morgan fingerprint density at radius 1 is 1.20 bits per heavy atom. The van der Waals surface area contributed by atoms with Crippen LogP contribution in [0.3, 0.4) is 0 Å². The fourth-order valence-corrected chi connectivity index (χ4v) is 2.72. The van der Waals surface area contributed by atoms with Crippen LogP contribution in [-0.4, -0.2) is 31.6 Å². The molecule has 25 heavy (non-hydrogen) atoms. The maximum atomic E-state index is 12.5. The van der Waals surface area contributed by atoms with Crippen molar-refractivity contribution < 1.29 is 19.1 Å². The first-order valence-electron chi connectivity index (χ1n) is 8.03. The van der Waals surface area contributed by atoms with Gasteiger partial charge >= 0.3 is 0 Å². The maximum absolute atomic E-state index is 12.5. The van der Waals surface area contributed by atoms with E-state index in [-0.39, 0.29) is 18.4 Å². The molecule has 2 aromatic rings. The van der Waals surface area contributed by atoms with E-state index in [4.69, 9.17) is 9.47 Å². The molecule has 0 spiro atoms. The Bertz CT molecular complexity index is 773. The number of nitrogens with zero attached hydrogens (tertiary/aromatic N) is 1. The number of methoxy groups -OCH3 is 1. The van der Waals surface area contributed by atoms with E-state index in [0.717, 1.165) is 11.3 Å². The van der Waals surface area contributed by atoms with Gasteiger partial charge in [0.05, 0.1) is 19.3 Å². The fourth-order valence-electron chi connectivity index (χ4n) is 2.72. The predicted octanol–water partition coefficient (Wildman–Crippen LogP) is 2.13. The molecule has 1 aliphatic rings. The number of rotatable bonds is 4. The fraction of sp³-hybridized carbons (Fsp3) is 0.263. The van der Waals surface area contributed by atoms with E-state index in [0.29, 0.717) is 18.0 Å². The highest BCUT2D eigenvalue weighted by Crippen LogP contribution is 2.33. The highest BCUT2D eigenvalue weighted by atomic mass is 16.5. The van der Waals surface area contributed by atoms with Crippen molar-refractivity contribution >= 4 is 17.5 Å². The molecule has 1 N–H and O–H groups in total. The summed E-state index contributed by atoms with van der Waals surface area (Å²) in [5.74, 6) is 0.924. The van der Waals surface area contributed by atoms with E-state index in [1.165, 1.54) is 6.92 Å². The number of para-hydroxylation sites is 2. The van der Waals surface area contributed by atoms with Gasteiger partial charge in [0.25, 0.3) is 5.91 Å². The van der Waals surface area contributed by atoms with Crippen molar-refractivity contribution in [2.24, 2.45) is 0 Å². The zero-order valence-electron chi connectivity index (χ0n) is 14.2. The van der Waals surface area contributed by atoms with Crippen LogP contribution in [-0.2, 0) is 16.1 Å². The van der Waals surface area contributed by atoms with E-state index >= 15 is 0 Å². The number of carbonyl (C=O) groups excluding carboxylic acids is 2. The van der Waals surface area contributed by atoms with Gasteiger partial charge in [0.15, 0.2) is 6.10 Å². The van der Waals surface area contributed by atoms with Crippen LogP contribution in [0.25, 0.3) is 0 Å². The average molecular weight is 340 g/mol. The molecule has 1 aliphatic heterocycles. The van der Waals surface area contributed by atoms with Crippen LogP contribution in [0, 0.1) is 0 Å². The second-order valence-electron chi connectivity index (χ2n) is 5.77. The van der Waals surface area contributed by atoms with Gasteiger partial charge in [-0.25, -0.2) is 0 Å². The van der Waals surface area contributed by atoms with Crippen LogP contribution in [0.4, 0.5) is 5.69 Å². The van der Waals surface area contributed by atoms with E-state index in [2.05, 4.69) is 5.32 Å². The minimum absolute atomic E-state index is 0.122. The van der Waals surface area contributed by atoms with Gasteiger partial charge < -0.3 is 19.7 Å². The van der Waals surface area contributed by atoms with Crippen LogP contribution < -0.4 is 19.7 Å². The minimum atomic E-state index is -0.739. The number of hydrogen-bond acceptors (Lipinski definition) is 4. The molecule has 0 saturated heterocycles. The highest BCUT2D eigenvalue weighted by Gasteiger charge is 2.32. The molecule has 2 aromatic carbocycles. The van der Waals surface area contributed by atoms with Crippen LogP contribution in [0.15, 0.2) is 48.5 Å². The lowest BCUT2D eigenvalue weighted by molar-refractivity contribution is -0.128. The molecule has 1 heterocycles. The maximum Gasteiger partial charge on any atom is 0.263 e. The summed E-state index contributed by atoms with van der Waals surface area (Å²) in [5, 5.41) is 2.85. The second-order valence-corrected chi connectivity index (χ2v) is 5.77. The zero-order chi connectivity index (χ0) is 17.8. The first-order valence-corrected chi connectivity index (χ1v) is 8.03. The number of amides is 2. The third kappa shape index (κ3) is 3.74. The average Bonchev–Trinajstić information content (AvgIpc) is 2.65. The summed E-state index contributed by atoms with van der Waals surface area (Å²) >= 11 is 0. The summed E-state index contributed by atoms with van der Waals surface area (Å²) in [5.41, 5.74) is 1.64. The van der Waals surface area contributed by atoms with Gasteiger partial charge in [-0.3, -0.25) is 9.59 Å². The van der Waals surface area contributed by atoms with Crippen LogP contribution in [0.1, 0.15) is 12.5 Å². The smallest absolute Gasteiger partial charge is 0.263 e. The molecule has 2 amide bonds. The van der Waals surface area contributed by atoms with Gasteiger partial charge in [-0.05, 0) is 29.8 Å². The largest absolute Gasteiger partial charge is 0.497 e. The van der Waals surface area contributed by atoms with Crippen molar-refractivity contribution in [3.8, 4) is 11.5 Å². The van der Waals surface area contributed by atoms with Crippen molar-refractivity contribution in [3.63, 3.8) is 0 Å². The second kappa shape index (κ2) is 7.25. The van der Waals surface area contributed by atoms with Crippen LogP contribution in [0.2, 0.25) is 0 Å². The van der Waals surface area contributed by atoms with Gasteiger partial charge in [-0.2, -0.15) is 0 Å². The molecule has 0 bridgehead atoms. The quantitative estimate of drug-likeness (QED) is 0.926. The first kappa shape index (κ1) is 16.8. The lowest BCUT2D eigenvalue weighted by Gasteiger charge is -2.33. The summed E-state index contributed by atoms with van der Waals surface area (Å²) in [6.45, 7) is 2.06. The molecule has 0 fully saturated rings. The van der Waals surface area contributed by atoms with E-state index in [1.807, 2.05) is 42.5 Å². The van der Waals surface area contributed by atoms with Crippen molar-refractivity contribution in [3.05, 3.63) is 54.1 Å². The monoisotopic (exact) mass is 340 g/mol. The standard InChI is InChI=1S/C19H20N2O4/c1-13(22)21-12-18(25-17-6-4-3-5-16(17)21)19(23)20-11-14-7-9-15(24-2)10-8-14/h3-10,18H,11-12H2,1-2H3,(H,20,23)/t18-/m0/s1. The van der Waals surface area contributed by atoms with E-state index < -0.39 is 6.10 Å². The number of nitrogens with one attached hydrogen (secondary N) is 1. The van der Waals surface area contributed by atoms with Crippen LogP contribution >= 0.6 is 0 Å². The molecule has 6 heteroatoms. The van der Waals surface area contributed by atoms with Gasteiger partial charge in [0.1, 0.15) is 11.5 Å². The topological polar surface area (TPSA) is 67.9 Å². The molecular weight excluding hydrogens is 320 g/mol. The van der Waals surface area contributed by atoms with Gasteiger partial charge in [0.2, 0.25) is 5.91 Å². The first-order chi connectivity index (χ1) is 12.1. The number of ether oxygens (including phenoxy) is 2. The van der Waals surface area contributed by atoms with Gasteiger partial charge in [-0.15, -0.1) is 0 Å². The zero-order valence-corrected chi connectivity index (χ0v) is 14.2. The number of carbonyl (C=O) groups is 2. The van der Waals surface area contributed by atoms with Crippen molar-refractivity contribution in [1.82, 2.24) is 5.32 Å². The third-order valence-electron chi connectivity index (χ3n) is 4.07. The number of benzene rings is 2. The molecule has 6 nitrogen and oxygen atoms in total. The molecule has 3 rings (SSSR count). The van der Waals surface area contributed by atoms with Crippen molar-refractivity contribution in [2.75, 3.05) is 18.6 Å². The van der Waals surface area contributed by atoms with E-state index in [1.54, 1.807) is 18.1 Å². The molecule has 0 unspecified atom stereocenters. The normalized spacial score (nSPS) is 15.8. The Balaban J connectivity index is 1.67. The van der Waals surface area contributed by atoms with Gasteiger partial charge in [-0.1, -0.05) is 24.3 Å². The van der Waals surface area contributed by atoms with E-state index in [9.17, 15) is 9.59 Å². The third-order valence-corrected chi connectivity index (χ3v) is 4.07. The minimum Gasteiger partial charge on any atom is -0.497 e. The van der Waals surface area contributed by atoms with Gasteiger partial charge in [0, 0.05) is 13.5 Å². The predicted molar refractivity (Wildman–Crippen MR) is 93.7 cm³/mol. The molecule has 0 radical (unpaired) electrons. The summed E-state index contributed by atoms with van der Waals surface area (Å²) in [7, 11) is 1.61. The lowest BCUT2D eigenvalue weighted by Crippen LogP contribution is -2.50. The number of hydrogen-bond donors (Lipinski definition) is 1. The lowest BCUT2D eigenvalue weighted by atomic mass is 10.1. The molecule has 0 aromatic heterocycles. The van der Waals surface area contributed by atoms with Crippen molar-refractivity contribution in [1.29, 1.82) is 0 Å². The molecular formula is C19H20N2O4. The molecule has 0 saturated carbocycles. The summed E-state index contributed by atoms with van der Waals surface area (Å²) < 4.78 is 10.9. The highest BCUT2D eigenvalue weighted by molar-refractivity contribution is 5.95. The number of anilines is 1.